The standard InChI is InChI=1S/C28H31N5O3/c1-21(36-27-6-2-3-13-29-27)19-35-24-10-8-23(9-11-24)33-20-31-25-18-22(7-12-26(25)33)28(34)30-14-17-32-15-4-5-16-32/h2-3,6-13,18,20-21H,4-5,14-17,19H2,1H3,(H,30,34). The Morgan fingerprint density at radius 1 is 1.06 bits per heavy atom. The molecule has 0 aliphatic carbocycles. The quantitative estimate of drug-likeness (QED) is 0.364. The number of carbonyl (C=O) groups is 1. The molecule has 186 valence electrons. The summed E-state index contributed by atoms with van der Waals surface area (Å²) in [4.78, 5) is 23.7. The van der Waals surface area contributed by atoms with Crippen molar-refractivity contribution in [3.63, 3.8) is 0 Å². The first-order valence-corrected chi connectivity index (χ1v) is 12.4. The summed E-state index contributed by atoms with van der Waals surface area (Å²) in [6, 6.07) is 19.0. The number of hydrogen-bond donors (Lipinski definition) is 1. The first kappa shape index (κ1) is 23.8. The van der Waals surface area contributed by atoms with Crippen LogP contribution in [0.3, 0.4) is 0 Å². The number of carbonyl (C=O) groups excluding carboxylic acids is 1. The first-order chi connectivity index (χ1) is 17.7. The van der Waals surface area contributed by atoms with Gasteiger partial charge < -0.3 is 19.7 Å². The fourth-order valence-corrected chi connectivity index (χ4v) is 4.37. The Morgan fingerprint density at radius 3 is 2.67 bits per heavy atom. The van der Waals surface area contributed by atoms with Crippen molar-refractivity contribution in [1.82, 2.24) is 24.8 Å². The van der Waals surface area contributed by atoms with Crippen LogP contribution in [-0.4, -0.2) is 64.2 Å². The molecule has 2 aromatic heterocycles. The monoisotopic (exact) mass is 485 g/mol. The lowest BCUT2D eigenvalue weighted by atomic mass is 10.2. The van der Waals surface area contributed by atoms with Crippen molar-refractivity contribution < 1.29 is 14.3 Å². The van der Waals surface area contributed by atoms with E-state index in [0.717, 1.165) is 42.1 Å². The van der Waals surface area contributed by atoms with Gasteiger partial charge in [0.25, 0.3) is 5.91 Å². The first-order valence-electron chi connectivity index (χ1n) is 12.4. The summed E-state index contributed by atoms with van der Waals surface area (Å²) < 4.78 is 13.6. The highest BCUT2D eigenvalue weighted by Crippen LogP contribution is 2.22. The molecule has 1 aliphatic rings. The Hall–Kier alpha value is -3.91. The molecule has 1 unspecified atom stereocenters. The molecule has 1 amide bonds. The zero-order valence-corrected chi connectivity index (χ0v) is 20.5. The van der Waals surface area contributed by atoms with Gasteiger partial charge in [-0.05, 0) is 81.4 Å². The predicted octanol–water partition coefficient (Wildman–Crippen LogP) is 4.09. The minimum atomic E-state index is -0.135. The van der Waals surface area contributed by atoms with Crippen LogP contribution in [0.25, 0.3) is 16.7 Å². The molecule has 4 aromatic rings. The molecule has 8 nitrogen and oxygen atoms in total. The van der Waals surface area contributed by atoms with Crippen LogP contribution in [0.2, 0.25) is 0 Å². The van der Waals surface area contributed by atoms with E-state index in [4.69, 9.17) is 9.47 Å². The van der Waals surface area contributed by atoms with Crippen LogP contribution >= 0.6 is 0 Å². The van der Waals surface area contributed by atoms with E-state index in [0.29, 0.717) is 24.6 Å². The van der Waals surface area contributed by atoms with Crippen molar-refractivity contribution >= 4 is 16.9 Å². The average molecular weight is 486 g/mol. The molecular weight excluding hydrogens is 454 g/mol. The highest BCUT2D eigenvalue weighted by atomic mass is 16.5. The molecule has 0 saturated carbocycles. The van der Waals surface area contributed by atoms with Gasteiger partial charge in [0, 0.05) is 36.6 Å². The average Bonchev–Trinajstić information content (AvgIpc) is 3.58. The second-order valence-corrected chi connectivity index (χ2v) is 9.02. The summed E-state index contributed by atoms with van der Waals surface area (Å²) in [7, 11) is 0. The number of imidazole rings is 1. The van der Waals surface area contributed by atoms with Gasteiger partial charge in [-0.2, -0.15) is 0 Å². The van der Waals surface area contributed by atoms with Gasteiger partial charge in [-0.3, -0.25) is 9.36 Å². The summed E-state index contributed by atoms with van der Waals surface area (Å²) in [5.74, 6) is 1.28. The van der Waals surface area contributed by atoms with E-state index in [-0.39, 0.29) is 12.0 Å². The number of fused-ring (bicyclic) bond motifs is 1. The van der Waals surface area contributed by atoms with E-state index in [2.05, 4.69) is 20.2 Å². The smallest absolute Gasteiger partial charge is 0.251 e. The van der Waals surface area contributed by atoms with Crippen LogP contribution in [0, 0.1) is 0 Å². The molecule has 3 heterocycles. The Labute approximate surface area is 210 Å². The maximum absolute atomic E-state index is 12.6. The van der Waals surface area contributed by atoms with Crippen molar-refractivity contribution in [2.75, 3.05) is 32.8 Å². The molecule has 36 heavy (non-hydrogen) atoms. The van der Waals surface area contributed by atoms with E-state index in [1.54, 1.807) is 12.5 Å². The summed E-state index contributed by atoms with van der Waals surface area (Å²) in [6.07, 6.45) is 5.85. The number of aromatic nitrogens is 3. The fourth-order valence-electron chi connectivity index (χ4n) is 4.37. The van der Waals surface area contributed by atoms with Crippen LogP contribution in [-0.2, 0) is 0 Å². The van der Waals surface area contributed by atoms with Crippen LogP contribution in [0.1, 0.15) is 30.1 Å². The highest BCUT2D eigenvalue weighted by Gasteiger charge is 2.13. The maximum Gasteiger partial charge on any atom is 0.251 e. The number of benzene rings is 2. The van der Waals surface area contributed by atoms with Crippen molar-refractivity contribution in [2.45, 2.75) is 25.9 Å². The van der Waals surface area contributed by atoms with Gasteiger partial charge in [0.1, 0.15) is 24.8 Å². The van der Waals surface area contributed by atoms with Crippen LogP contribution in [0.15, 0.2) is 73.2 Å². The van der Waals surface area contributed by atoms with Crippen molar-refractivity contribution in [3.8, 4) is 17.3 Å². The van der Waals surface area contributed by atoms with Gasteiger partial charge >= 0.3 is 0 Å². The third kappa shape index (κ3) is 5.83. The number of likely N-dealkylation sites (tertiary alicyclic amines) is 1. The number of nitrogens with zero attached hydrogens (tertiary/aromatic N) is 4. The third-order valence-corrected chi connectivity index (χ3v) is 6.28. The fraction of sp³-hybridized carbons (Fsp3) is 0.321. The number of pyridine rings is 1. The molecule has 0 spiro atoms. The number of hydrogen-bond acceptors (Lipinski definition) is 6. The van der Waals surface area contributed by atoms with Gasteiger partial charge in [-0.15, -0.1) is 0 Å². The molecule has 1 atom stereocenters. The largest absolute Gasteiger partial charge is 0.490 e. The number of ether oxygens (including phenoxy) is 2. The van der Waals surface area contributed by atoms with Crippen LogP contribution < -0.4 is 14.8 Å². The van der Waals surface area contributed by atoms with Gasteiger partial charge in [0.2, 0.25) is 5.88 Å². The molecule has 8 heteroatoms. The summed E-state index contributed by atoms with van der Waals surface area (Å²) in [5.41, 5.74) is 3.31. The van der Waals surface area contributed by atoms with Crippen molar-refractivity contribution in [1.29, 1.82) is 0 Å². The molecule has 1 aliphatic heterocycles. The normalized spacial score (nSPS) is 14.6. The molecule has 2 aromatic carbocycles. The number of rotatable bonds is 10. The van der Waals surface area contributed by atoms with Gasteiger partial charge in [0.15, 0.2) is 0 Å². The summed E-state index contributed by atoms with van der Waals surface area (Å²) >= 11 is 0. The Bertz CT molecular complexity index is 1280. The summed E-state index contributed by atoms with van der Waals surface area (Å²) in [5, 5.41) is 3.03. The highest BCUT2D eigenvalue weighted by molar-refractivity contribution is 5.97. The zero-order chi connectivity index (χ0) is 24.7. The van der Waals surface area contributed by atoms with E-state index < -0.39 is 0 Å². The molecule has 1 fully saturated rings. The minimum Gasteiger partial charge on any atom is -0.490 e. The lowest BCUT2D eigenvalue weighted by molar-refractivity contribution is 0.0950. The number of amides is 1. The second-order valence-electron chi connectivity index (χ2n) is 9.02. The Balaban J connectivity index is 1.17. The lowest BCUT2D eigenvalue weighted by Gasteiger charge is -2.15. The SMILES string of the molecule is CC(COc1ccc(-n2cnc3cc(C(=O)NCCN4CCCC4)ccc32)cc1)Oc1ccccn1. The van der Waals surface area contributed by atoms with Crippen molar-refractivity contribution in [3.05, 3.63) is 78.8 Å². The topological polar surface area (TPSA) is 81.5 Å². The zero-order valence-electron chi connectivity index (χ0n) is 20.5. The van der Waals surface area contributed by atoms with E-state index in [1.165, 1.54) is 12.8 Å². The minimum absolute atomic E-state index is 0.0617. The molecular formula is C28H31N5O3. The number of nitrogens with one attached hydrogen (secondary N) is 1. The molecule has 5 rings (SSSR count). The van der Waals surface area contributed by atoms with Crippen LogP contribution in [0.4, 0.5) is 0 Å². The van der Waals surface area contributed by atoms with Gasteiger partial charge in [-0.1, -0.05) is 6.07 Å². The lowest BCUT2D eigenvalue weighted by Crippen LogP contribution is -2.33. The van der Waals surface area contributed by atoms with E-state index in [9.17, 15) is 4.79 Å². The van der Waals surface area contributed by atoms with E-state index in [1.807, 2.05) is 72.2 Å². The molecule has 1 saturated heterocycles. The summed E-state index contributed by atoms with van der Waals surface area (Å²) in [6.45, 7) is 6.18. The Morgan fingerprint density at radius 2 is 1.89 bits per heavy atom. The maximum atomic E-state index is 12.6. The molecule has 0 radical (unpaired) electrons. The van der Waals surface area contributed by atoms with Crippen LogP contribution in [0.5, 0.6) is 11.6 Å². The molecule has 1 N–H and O–H groups in total. The third-order valence-electron chi connectivity index (χ3n) is 6.28. The van der Waals surface area contributed by atoms with Gasteiger partial charge in [-0.25, -0.2) is 9.97 Å². The van der Waals surface area contributed by atoms with Crippen molar-refractivity contribution in [2.24, 2.45) is 0 Å². The second kappa shape index (κ2) is 11.2. The van der Waals surface area contributed by atoms with Gasteiger partial charge in [0.05, 0.1) is 11.0 Å². The molecule has 0 bridgehead atoms. The van der Waals surface area contributed by atoms with E-state index >= 15 is 0 Å². The Kier molecular flexibility index (Phi) is 7.42. The predicted molar refractivity (Wildman–Crippen MR) is 139 cm³/mol.